The van der Waals surface area contributed by atoms with Crippen LogP contribution in [0.1, 0.15) is 38.3 Å². The van der Waals surface area contributed by atoms with Crippen LogP contribution in [0.4, 0.5) is 5.82 Å². The normalized spacial score (nSPS) is 12.5. The van der Waals surface area contributed by atoms with Crippen LogP contribution < -0.4 is 10.6 Å². The van der Waals surface area contributed by atoms with E-state index in [9.17, 15) is 0 Å². The number of hydrogen-bond acceptors (Lipinski definition) is 4. The molecule has 17 heavy (non-hydrogen) atoms. The highest BCUT2D eigenvalue weighted by atomic mass is 16.3. The average Bonchev–Trinajstić information content (AvgIpc) is 2.34. The Morgan fingerprint density at radius 2 is 2.24 bits per heavy atom. The standard InChI is InChI=1S/C13H23N3O/c1-3-4-8-16(9-10-17)13-12(11(2)14)6-5-7-15-13/h5-7,11,17H,3-4,8-10,14H2,1-2H3/t11-/m1/s1. The van der Waals surface area contributed by atoms with Gasteiger partial charge in [-0.05, 0) is 19.4 Å². The van der Waals surface area contributed by atoms with Crippen molar-refractivity contribution in [3.05, 3.63) is 23.9 Å². The first-order valence-corrected chi connectivity index (χ1v) is 6.27. The van der Waals surface area contributed by atoms with Crippen LogP contribution in [-0.4, -0.2) is 29.8 Å². The van der Waals surface area contributed by atoms with Crippen LogP contribution in [0.15, 0.2) is 18.3 Å². The number of aliphatic hydroxyl groups excluding tert-OH is 1. The lowest BCUT2D eigenvalue weighted by Gasteiger charge is -2.26. The van der Waals surface area contributed by atoms with Gasteiger partial charge in [0.1, 0.15) is 5.82 Å². The molecule has 0 aliphatic rings. The lowest BCUT2D eigenvalue weighted by molar-refractivity contribution is 0.301. The number of aromatic nitrogens is 1. The molecule has 0 bridgehead atoms. The molecule has 0 aliphatic heterocycles. The summed E-state index contributed by atoms with van der Waals surface area (Å²) in [5, 5.41) is 9.13. The lowest BCUT2D eigenvalue weighted by Crippen LogP contribution is -2.30. The second-order valence-corrected chi connectivity index (χ2v) is 4.27. The maximum absolute atomic E-state index is 9.13. The topological polar surface area (TPSA) is 62.4 Å². The molecule has 0 fully saturated rings. The largest absolute Gasteiger partial charge is 0.395 e. The molecule has 3 N–H and O–H groups in total. The van der Waals surface area contributed by atoms with E-state index < -0.39 is 0 Å². The number of aliphatic hydroxyl groups is 1. The minimum absolute atomic E-state index is 0.0403. The molecule has 0 radical (unpaired) electrons. The number of nitrogens with two attached hydrogens (primary N) is 1. The van der Waals surface area contributed by atoms with Gasteiger partial charge in [-0.25, -0.2) is 4.98 Å². The van der Waals surface area contributed by atoms with E-state index in [2.05, 4.69) is 16.8 Å². The Morgan fingerprint density at radius 3 is 2.82 bits per heavy atom. The van der Waals surface area contributed by atoms with Crippen LogP contribution in [0.5, 0.6) is 0 Å². The molecule has 1 heterocycles. The molecule has 0 spiro atoms. The van der Waals surface area contributed by atoms with E-state index in [4.69, 9.17) is 10.8 Å². The number of unbranched alkanes of at least 4 members (excludes halogenated alkanes) is 1. The van der Waals surface area contributed by atoms with E-state index in [-0.39, 0.29) is 12.6 Å². The Balaban J connectivity index is 2.91. The average molecular weight is 237 g/mol. The van der Waals surface area contributed by atoms with Gasteiger partial charge in [0.15, 0.2) is 0 Å². The Labute approximate surface area is 103 Å². The summed E-state index contributed by atoms with van der Waals surface area (Å²) in [5.41, 5.74) is 6.99. The van der Waals surface area contributed by atoms with E-state index in [1.54, 1.807) is 6.20 Å². The summed E-state index contributed by atoms with van der Waals surface area (Å²) < 4.78 is 0. The fraction of sp³-hybridized carbons (Fsp3) is 0.615. The number of rotatable bonds is 7. The molecular formula is C13H23N3O. The van der Waals surface area contributed by atoms with E-state index in [0.717, 1.165) is 30.8 Å². The highest BCUT2D eigenvalue weighted by Gasteiger charge is 2.13. The molecule has 0 amide bonds. The van der Waals surface area contributed by atoms with Crippen LogP contribution >= 0.6 is 0 Å². The molecule has 96 valence electrons. The molecule has 0 saturated heterocycles. The minimum atomic E-state index is -0.0403. The minimum Gasteiger partial charge on any atom is -0.395 e. The van der Waals surface area contributed by atoms with Gasteiger partial charge in [0, 0.05) is 30.9 Å². The third-order valence-corrected chi connectivity index (χ3v) is 2.76. The molecule has 1 atom stereocenters. The van der Waals surface area contributed by atoms with Crippen LogP contribution in [0.2, 0.25) is 0 Å². The van der Waals surface area contributed by atoms with Gasteiger partial charge in [0.25, 0.3) is 0 Å². The Bertz CT molecular complexity index is 328. The van der Waals surface area contributed by atoms with Crippen molar-refractivity contribution in [2.45, 2.75) is 32.7 Å². The third kappa shape index (κ3) is 3.98. The third-order valence-electron chi connectivity index (χ3n) is 2.76. The summed E-state index contributed by atoms with van der Waals surface area (Å²) in [6.45, 7) is 5.77. The fourth-order valence-electron chi connectivity index (χ4n) is 1.82. The van der Waals surface area contributed by atoms with Gasteiger partial charge >= 0.3 is 0 Å². The van der Waals surface area contributed by atoms with Gasteiger partial charge in [-0.15, -0.1) is 0 Å². The Hall–Kier alpha value is -1.13. The van der Waals surface area contributed by atoms with Crippen LogP contribution in [-0.2, 0) is 0 Å². The molecule has 4 nitrogen and oxygen atoms in total. The second kappa shape index (κ2) is 7.25. The first-order chi connectivity index (χ1) is 8.20. The zero-order chi connectivity index (χ0) is 12.7. The van der Waals surface area contributed by atoms with Crippen molar-refractivity contribution in [2.24, 2.45) is 5.73 Å². The summed E-state index contributed by atoms with van der Waals surface area (Å²) in [6.07, 6.45) is 3.99. The van der Waals surface area contributed by atoms with E-state index in [1.807, 2.05) is 19.1 Å². The summed E-state index contributed by atoms with van der Waals surface area (Å²) in [7, 11) is 0. The summed E-state index contributed by atoms with van der Waals surface area (Å²) in [5.74, 6) is 0.907. The van der Waals surface area contributed by atoms with Gasteiger partial charge in [-0.3, -0.25) is 0 Å². The predicted octanol–water partition coefficient (Wildman–Crippen LogP) is 1.70. The maximum Gasteiger partial charge on any atom is 0.133 e. The molecule has 0 aliphatic carbocycles. The molecule has 0 saturated carbocycles. The van der Waals surface area contributed by atoms with Crippen molar-refractivity contribution < 1.29 is 5.11 Å². The van der Waals surface area contributed by atoms with Crippen molar-refractivity contribution in [2.75, 3.05) is 24.6 Å². The molecule has 1 aromatic rings. The van der Waals surface area contributed by atoms with E-state index in [1.165, 1.54) is 0 Å². The molecular weight excluding hydrogens is 214 g/mol. The Kier molecular flexibility index (Phi) is 5.94. The van der Waals surface area contributed by atoms with Gasteiger partial charge in [0.05, 0.1) is 6.61 Å². The van der Waals surface area contributed by atoms with Crippen molar-refractivity contribution in [1.29, 1.82) is 0 Å². The van der Waals surface area contributed by atoms with Crippen molar-refractivity contribution in [3.8, 4) is 0 Å². The number of nitrogens with zero attached hydrogens (tertiary/aromatic N) is 2. The van der Waals surface area contributed by atoms with Gasteiger partial charge in [-0.2, -0.15) is 0 Å². The molecule has 1 aromatic heterocycles. The van der Waals surface area contributed by atoms with Crippen LogP contribution in [0.25, 0.3) is 0 Å². The van der Waals surface area contributed by atoms with Crippen molar-refractivity contribution in [3.63, 3.8) is 0 Å². The van der Waals surface area contributed by atoms with Gasteiger partial charge in [-0.1, -0.05) is 19.4 Å². The summed E-state index contributed by atoms with van der Waals surface area (Å²) in [6, 6.07) is 3.86. The van der Waals surface area contributed by atoms with Gasteiger partial charge < -0.3 is 15.7 Å². The smallest absolute Gasteiger partial charge is 0.133 e. The highest BCUT2D eigenvalue weighted by molar-refractivity contribution is 5.48. The lowest BCUT2D eigenvalue weighted by atomic mass is 10.1. The molecule has 4 heteroatoms. The maximum atomic E-state index is 9.13. The number of pyridine rings is 1. The van der Waals surface area contributed by atoms with Crippen LogP contribution in [0.3, 0.4) is 0 Å². The van der Waals surface area contributed by atoms with E-state index >= 15 is 0 Å². The highest BCUT2D eigenvalue weighted by Crippen LogP contribution is 2.22. The van der Waals surface area contributed by atoms with Gasteiger partial charge in [0.2, 0.25) is 0 Å². The number of anilines is 1. The molecule has 0 aromatic carbocycles. The first-order valence-electron chi connectivity index (χ1n) is 6.27. The second-order valence-electron chi connectivity index (χ2n) is 4.27. The van der Waals surface area contributed by atoms with Crippen molar-refractivity contribution in [1.82, 2.24) is 4.98 Å². The predicted molar refractivity (Wildman–Crippen MR) is 71.0 cm³/mol. The number of hydrogen-bond donors (Lipinski definition) is 2. The fourth-order valence-corrected chi connectivity index (χ4v) is 1.82. The summed E-state index contributed by atoms with van der Waals surface area (Å²) in [4.78, 5) is 6.52. The molecule has 1 rings (SSSR count). The first kappa shape index (κ1) is 13.9. The summed E-state index contributed by atoms with van der Waals surface area (Å²) >= 11 is 0. The monoisotopic (exact) mass is 237 g/mol. The SMILES string of the molecule is CCCCN(CCO)c1ncccc1[C@@H](C)N. The van der Waals surface area contributed by atoms with E-state index in [0.29, 0.717) is 6.54 Å². The zero-order valence-corrected chi connectivity index (χ0v) is 10.8. The van der Waals surface area contributed by atoms with Crippen molar-refractivity contribution >= 4 is 5.82 Å². The van der Waals surface area contributed by atoms with Crippen LogP contribution in [0, 0.1) is 0 Å². The Morgan fingerprint density at radius 1 is 1.47 bits per heavy atom. The quantitative estimate of drug-likeness (QED) is 0.757. The molecule has 0 unspecified atom stereocenters. The zero-order valence-electron chi connectivity index (χ0n) is 10.8.